The smallest absolute Gasteiger partial charge is 0.139 e. The van der Waals surface area contributed by atoms with Crippen LogP contribution in [0.1, 0.15) is 5.56 Å². The van der Waals surface area contributed by atoms with Crippen LogP contribution in [0.5, 0.6) is 11.5 Å². The summed E-state index contributed by atoms with van der Waals surface area (Å²) in [5.74, 6) is 0.962. The molecule has 0 saturated heterocycles. The van der Waals surface area contributed by atoms with Gasteiger partial charge in [-0.2, -0.15) is 0 Å². The summed E-state index contributed by atoms with van der Waals surface area (Å²) in [6.07, 6.45) is 0. The largest absolute Gasteiger partial charge is 0.497 e. The highest BCUT2D eigenvalue weighted by Gasteiger charge is 2.12. The monoisotopic (exact) mass is 405 g/mol. The highest BCUT2D eigenvalue weighted by Crippen LogP contribution is 2.29. The number of nitrogens with one attached hydrogen (secondary N) is 1. The van der Waals surface area contributed by atoms with E-state index in [9.17, 15) is 4.39 Å². The first-order valence-corrected chi connectivity index (χ1v) is 8.81. The Kier molecular flexibility index (Phi) is 6.03. The van der Waals surface area contributed by atoms with E-state index >= 15 is 0 Å². The van der Waals surface area contributed by atoms with E-state index in [1.54, 1.807) is 26.4 Å². The minimum atomic E-state index is -0.427. The lowest BCUT2D eigenvalue weighted by molar-refractivity contribution is 0.391. The fraction of sp³-hybridized carbons (Fsp3) is 0.158. The standard InChI is InChI=1S/C19H17ClFN3O2S/c1-25-13-5-3-11(18(8-13)26-2)10-22-17-9-16(23-24-19(17)27)14-7-12(20)4-6-15(14)21/h3-9H,10H2,1-2H3,(H,22,23)(H,24,27). The first-order valence-electron chi connectivity index (χ1n) is 7.98. The molecular formula is C19H17ClFN3O2S. The van der Waals surface area contributed by atoms with Crippen LogP contribution in [0, 0.1) is 5.82 Å². The number of aromatic nitrogens is 2. The SMILES string of the molecule is COc1ccc(CNc2cc(-c3cc(Cl)ccc3F)nnc2S)c(OC)c1. The first kappa shape index (κ1) is 19.3. The number of methoxy groups -OCH3 is 2. The van der Waals surface area contributed by atoms with E-state index in [1.807, 2.05) is 12.1 Å². The molecule has 0 atom stereocenters. The Labute approximate surface area is 166 Å². The van der Waals surface area contributed by atoms with Crippen LogP contribution in [0.3, 0.4) is 0 Å². The number of ether oxygens (including phenoxy) is 2. The molecule has 140 valence electrons. The van der Waals surface area contributed by atoms with Crippen molar-refractivity contribution in [2.24, 2.45) is 0 Å². The molecule has 5 nitrogen and oxygen atoms in total. The average molecular weight is 406 g/mol. The lowest BCUT2D eigenvalue weighted by Crippen LogP contribution is -2.05. The van der Waals surface area contributed by atoms with Crippen molar-refractivity contribution in [3.05, 3.63) is 58.9 Å². The molecule has 3 rings (SSSR count). The van der Waals surface area contributed by atoms with E-state index in [4.69, 9.17) is 21.1 Å². The van der Waals surface area contributed by atoms with Gasteiger partial charge < -0.3 is 14.8 Å². The maximum atomic E-state index is 14.1. The molecule has 0 fully saturated rings. The molecule has 0 spiro atoms. The van der Waals surface area contributed by atoms with Gasteiger partial charge in [-0.05, 0) is 36.4 Å². The van der Waals surface area contributed by atoms with E-state index in [0.29, 0.717) is 39.5 Å². The second-order valence-corrected chi connectivity index (χ2v) is 6.48. The Morgan fingerprint density at radius 1 is 1.07 bits per heavy atom. The summed E-state index contributed by atoms with van der Waals surface area (Å²) < 4.78 is 24.7. The van der Waals surface area contributed by atoms with Gasteiger partial charge >= 0.3 is 0 Å². The minimum absolute atomic E-state index is 0.272. The molecule has 1 heterocycles. The Hall–Kier alpha value is -2.51. The molecule has 0 aliphatic rings. The summed E-state index contributed by atoms with van der Waals surface area (Å²) in [7, 11) is 3.19. The second kappa shape index (κ2) is 8.45. The number of anilines is 1. The van der Waals surface area contributed by atoms with Gasteiger partial charge in [0.15, 0.2) is 0 Å². The third kappa shape index (κ3) is 4.43. The summed E-state index contributed by atoms with van der Waals surface area (Å²) in [6, 6.07) is 11.5. The van der Waals surface area contributed by atoms with Gasteiger partial charge in [-0.15, -0.1) is 22.8 Å². The van der Waals surface area contributed by atoms with Crippen LogP contribution in [0.2, 0.25) is 5.02 Å². The molecule has 3 aromatic rings. The van der Waals surface area contributed by atoms with Gasteiger partial charge in [0.05, 0.1) is 25.6 Å². The molecule has 0 bridgehead atoms. The predicted molar refractivity (Wildman–Crippen MR) is 107 cm³/mol. The van der Waals surface area contributed by atoms with Crippen LogP contribution >= 0.6 is 24.2 Å². The molecule has 2 aromatic carbocycles. The van der Waals surface area contributed by atoms with Crippen LogP contribution in [0.15, 0.2) is 47.5 Å². The molecule has 8 heteroatoms. The lowest BCUT2D eigenvalue weighted by Gasteiger charge is -2.13. The molecular weight excluding hydrogens is 389 g/mol. The Bertz CT molecular complexity index is 972. The van der Waals surface area contributed by atoms with Gasteiger partial charge in [0.2, 0.25) is 0 Å². The molecule has 0 radical (unpaired) electrons. The molecule has 0 amide bonds. The van der Waals surface area contributed by atoms with E-state index in [-0.39, 0.29) is 5.56 Å². The fourth-order valence-electron chi connectivity index (χ4n) is 2.53. The number of nitrogens with zero attached hydrogens (tertiary/aromatic N) is 2. The van der Waals surface area contributed by atoms with E-state index < -0.39 is 5.82 Å². The maximum Gasteiger partial charge on any atom is 0.139 e. The van der Waals surface area contributed by atoms with Crippen LogP contribution < -0.4 is 14.8 Å². The molecule has 0 aliphatic carbocycles. The third-order valence-electron chi connectivity index (χ3n) is 3.94. The minimum Gasteiger partial charge on any atom is -0.497 e. The van der Waals surface area contributed by atoms with Crippen molar-refractivity contribution in [2.45, 2.75) is 11.6 Å². The normalized spacial score (nSPS) is 10.6. The van der Waals surface area contributed by atoms with Crippen LogP contribution in [0.25, 0.3) is 11.3 Å². The van der Waals surface area contributed by atoms with Crippen molar-refractivity contribution in [3.8, 4) is 22.8 Å². The van der Waals surface area contributed by atoms with Crippen molar-refractivity contribution in [1.82, 2.24) is 10.2 Å². The van der Waals surface area contributed by atoms with Crippen molar-refractivity contribution < 1.29 is 13.9 Å². The number of rotatable bonds is 6. The van der Waals surface area contributed by atoms with Gasteiger partial charge in [0, 0.05) is 28.8 Å². The summed E-state index contributed by atoms with van der Waals surface area (Å²) in [6.45, 7) is 0.448. The van der Waals surface area contributed by atoms with Crippen molar-refractivity contribution in [3.63, 3.8) is 0 Å². The summed E-state index contributed by atoms with van der Waals surface area (Å²) >= 11 is 10.3. The van der Waals surface area contributed by atoms with E-state index in [2.05, 4.69) is 28.1 Å². The van der Waals surface area contributed by atoms with Crippen molar-refractivity contribution in [2.75, 3.05) is 19.5 Å². The van der Waals surface area contributed by atoms with Crippen molar-refractivity contribution in [1.29, 1.82) is 0 Å². The molecule has 1 aromatic heterocycles. The van der Waals surface area contributed by atoms with E-state index in [0.717, 1.165) is 5.56 Å². The Morgan fingerprint density at radius 3 is 2.63 bits per heavy atom. The number of hydrogen-bond donors (Lipinski definition) is 2. The quantitative estimate of drug-likeness (QED) is 0.574. The number of hydrogen-bond acceptors (Lipinski definition) is 6. The number of halogens is 2. The predicted octanol–water partition coefficient (Wildman–Crippen LogP) is 4.85. The zero-order chi connectivity index (χ0) is 19.4. The number of thiol groups is 1. The van der Waals surface area contributed by atoms with Crippen LogP contribution in [-0.4, -0.2) is 24.4 Å². The molecule has 0 saturated carbocycles. The van der Waals surface area contributed by atoms with Gasteiger partial charge in [0.1, 0.15) is 22.3 Å². The molecule has 0 unspecified atom stereocenters. The third-order valence-corrected chi connectivity index (χ3v) is 4.51. The zero-order valence-corrected chi connectivity index (χ0v) is 16.3. The zero-order valence-electron chi connectivity index (χ0n) is 14.7. The van der Waals surface area contributed by atoms with Gasteiger partial charge in [0.25, 0.3) is 0 Å². The van der Waals surface area contributed by atoms with Crippen LogP contribution in [-0.2, 0) is 6.54 Å². The maximum absolute atomic E-state index is 14.1. The average Bonchev–Trinajstić information content (AvgIpc) is 2.69. The highest BCUT2D eigenvalue weighted by molar-refractivity contribution is 7.80. The summed E-state index contributed by atoms with van der Waals surface area (Å²) in [5.41, 5.74) is 2.16. The summed E-state index contributed by atoms with van der Waals surface area (Å²) in [4.78, 5) is 0. The van der Waals surface area contributed by atoms with Gasteiger partial charge in [-0.25, -0.2) is 4.39 Å². The molecule has 1 N–H and O–H groups in total. The molecule has 0 aliphatic heterocycles. The highest BCUT2D eigenvalue weighted by atomic mass is 35.5. The van der Waals surface area contributed by atoms with Crippen molar-refractivity contribution >= 4 is 29.9 Å². The summed E-state index contributed by atoms with van der Waals surface area (Å²) in [5, 5.41) is 12.1. The van der Waals surface area contributed by atoms with Gasteiger partial charge in [-0.1, -0.05) is 11.6 Å². The topological polar surface area (TPSA) is 56.3 Å². The second-order valence-electron chi connectivity index (χ2n) is 5.62. The van der Waals surface area contributed by atoms with E-state index in [1.165, 1.54) is 18.2 Å². The number of benzene rings is 2. The first-order chi connectivity index (χ1) is 13.0. The Balaban J connectivity index is 1.87. The Morgan fingerprint density at radius 2 is 1.89 bits per heavy atom. The molecule has 27 heavy (non-hydrogen) atoms. The lowest BCUT2D eigenvalue weighted by atomic mass is 10.1. The van der Waals surface area contributed by atoms with Crippen LogP contribution in [0.4, 0.5) is 10.1 Å². The fourth-order valence-corrected chi connectivity index (χ4v) is 2.89. The van der Waals surface area contributed by atoms with Gasteiger partial charge in [-0.3, -0.25) is 0 Å².